The number of nitriles is 1. The Hall–Kier alpha value is -2.80. The van der Waals surface area contributed by atoms with Crippen molar-refractivity contribution < 1.29 is 4.79 Å². The monoisotopic (exact) mass is 359 g/mol. The maximum absolute atomic E-state index is 12.5. The quantitative estimate of drug-likeness (QED) is 0.650. The average Bonchev–Trinajstić information content (AvgIpc) is 3.40. The Bertz CT molecular complexity index is 913. The number of fused-ring (bicyclic) bond motifs is 1. The van der Waals surface area contributed by atoms with Crippen molar-refractivity contribution in [3.8, 4) is 6.07 Å². The van der Waals surface area contributed by atoms with Crippen LogP contribution in [0.5, 0.6) is 0 Å². The van der Waals surface area contributed by atoms with Crippen molar-refractivity contribution in [1.29, 1.82) is 5.26 Å². The summed E-state index contributed by atoms with van der Waals surface area (Å²) in [5, 5.41) is 14.8. The fourth-order valence-corrected chi connectivity index (χ4v) is 4.30. The first-order chi connectivity index (χ1) is 13.3. The van der Waals surface area contributed by atoms with Gasteiger partial charge in [-0.25, -0.2) is 0 Å². The van der Waals surface area contributed by atoms with Crippen LogP contribution in [0.15, 0.2) is 42.0 Å². The van der Waals surface area contributed by atoms with Crippen LogP contribution in [0, 0.1) is 11.3 Å². The van der Waals surface area contributed by atoms with Crippen molar-refractivity contribution in [2.24, 2.45) is 0 Å². The van der Waals surface area contributed by atoms with Crippen LogP contribution in [0.25, 0.3) is 16.8 Å². The minimum Gasteiger partial charge on any atom is -0.371 e. The number of carbonyl (C=O) groups is 1. The first-order valence-electron chi connectivity index (χ1n) is 9.95. The second kappa shape index (κ2) is 7.84. The third-order valence-electron chi connectivity index (χ3n) is 5.74. The number of amides is 1. The van der Waals surface area contributed by atoms with Gasteiger partial charge >= 0.3 is 0 Å². The second-order valence-electron chi connectivity index (χ2n) is 7.54. The van der Waals surface area contributed by atoms with Gasteiger partial charge in [0.25, 0.3) is 5.91 Å². The van der Waals surface area contributed by atoms with Crippen LogP contribution in [0.3, 0.4) is 0 Å². The molecule has 1 heterocycles. The molecular weight excluding hydrogens is 334 g/mol. The highest BCUT2D eigenvalue weighted by molar-refractivity contribution is 6.06. The number of rotatable bonds is 4. The van der Waals surface area contributed by atoms with Gasteiger partial charge in [-0.15, -0.1) is 0 Å². The molecule has 0 spiro atoms. The molecule has 4 nitrogen and oxygen atoms in total. The van der Waals surface area contributed by atoms with Crippen LogP contribution < -0.4 is 10.2 Å². The third-order valence-corrected chi connectivity index (χ3v) is 5.74. The SMILES string of the molecule is N#C/C(=C/c1ccc(N2CCCC2)c2ccccc12)C(=O)NC1CCCC1. The number of hydrogen-bond donors (Lipinski definition) is 1. The predicted molar refractivity (Wildman–Crippen MR) is 109 cm³/mol. The van der Waals surface area contributed by atoms with Crippen molar-refractivity contribution in [2.75, 3.05) is 18.0 Å². The maximum atomic E-state index is 12.5. The molecule has 0 aromatic heterocycles. The molecule has 138 valence electrons. The van der Waals surface area contributed by atoms with Crippen LogP contribution in [0.2, 0.25) is 0 Å². The minimum atomic E-state index is -0.253. The lowest BCUT2D eigenvalue weighted by Gasteiger charge is -2.20. The van der Waals surface area contributed by atoms with E-state index in [0.29, 0.717) is 0 Å². The van der Waals surface area contributed by atoms with E-state index in [1.807, 2.05) is 18.2 Å². The second-order valence-corrected chi connectivity index (χ2v) is 7.54. The van der Waals surface area contributed by atoms with Gasteiger partial charge in [-0.1, -0.05) is 43.2 Å². The Morgan fingerprint density at radius 1 is 1.04 bits per heavy atom. The van der Waals surface area contributed by atoms with Crippen LogP contribution >= 0.6 is 0 Å². The molecule has 1 N–H and O–H groups in total. The Kier molecular flexibility index (Phi) is 5.11. The van der Waals surface area contributed by atoms with E-state index in [9.17, 15) is 10.1 Å². The first-order valence-corrected chi connectivity index (χ1v) is 9.95. The highest BCUT2D eigenvalue weighted by Gasteiger charge is 2.20. The molecule has 0 atom stereocenters. The van der Waals surface area contributed by atoms with Gasteiger partial charge in [0.1, 0.15) is 11.6 Å². The molecule has 0 bridgehead atoms. The molecule has 4 heteroatoms. The van der Waals surface area contributed by atoms with E-state index in [2.05, 4.69) is 34.5 Å². The van der Waals surface area contributed by atoms with Crippen molar-refractivity contribution in [2.45, 2.75) is 44.6 Å². The molecule has 2 aromatic carbocycles. The van der Waals surface area contributed by atoms with Gasteiger partial charge < -0.3 is 10.2 Å². The molecule has 1 amide bonds. The third kappa shape index (κ3) is 3.68. The van der Waals surface area contributed by atoms with Gasteiger partial charge in [0.2, 0.25) is 0 Å². The topological polar surface area (TPSA) is 56.1 Å². The minimum absolute atomic E-state index is 0.181. The number of benzene rings is 2. The summed E-state index contributed by atoms with van der Waals surface area (Å²) in [6.45, 7) is 2.18. The van der Waals surface area contributed by atoms with Crippen molar-refractivity contribution >= 4 is 28.4 Å². The van der Waals surface area contributed by atoms with E-state index in [0.717, 1.165) is 49.7 Å². The van der Waals surface area contributed by atoms with Crippen molar-refractivity contribution in [1.82, 2.24) is 5.32 Å². The Labute approximate surface area is 160 Å². The number of carbonyl (C=O) groups excluding carboxylic acids is 1. The fourth-order valence-electron chi connectivity index (χ4n) is 4.30. The molecule has 1 aliphatic heterocycles. The van der Waals surface area contributed by atoms with Crippen LogP contribution in [-0.2, 0) is 4.79 Å². The van der Waals surface area contributed by atoms with Gasteiger partial charge in [-0.2, -0.15) is 5.26 Å². The molecule has 2 aromatic rings. The molecule has 1 saturated carbocycles. The molecule has 0 unspecified atom stereocenters. The lowest BCUT2D eigenvalue weighted by Crippen LogP contribution is -2.33. The number of anilines is 1. The fraction of sp³-hybridized carbons (Fsp3) is 0.391. The summed E-state index contributed by atoms with van der Waals surface area (Å²) in [6, 6.07) is 14.7. The van der Waals surface area contributed by atoms with Crippen molar-refractivity contribution in [3.63, 3.8) is 0 Å². The summed E-state index contributed by atoms with van der Waals surface area (Å²) in [5.74, 6) is -0.253. The molecular formula is C23H25N3O. The van der Waals surface area contributed by atoms with E-state index in [1.54, 1.807) is 6.08 Å². The van der Waals surface area contributed by atoms with Crippen LogP contribution in [-0.4, -0.2) is 25.0 Å². The lowest BCUT2D eigenvalue weighted by molar-refractivity contribution is -0.117. The summed E-state index contributed by atoms with van der Waals surface area (Å²) in [5.41, 5.74) is 2.35. The van der Waals surface area contributed by atoms with E-state index in [-0.39, 0.29) is 17.5 Å². The van der Waals surface area contributed by atoms with Gasteiger partial charge in [0.05, 0.1) is 0 Å². The molecule has 1 aliphatic carbocycles. The summed E-state index contributed by atoms with van der Waals surface area (Å²) < 4.78 is 0. The predicted octanol–water partition coefficient (Wildman–Crippen LogP) is 4.41. The number of nitrogens with zero attached hydrogens (tertiary/aromatic N) is 2. The molecule has 1 saturated heterocycles. The molecule has 2 aliphatic rings. The zero-order valence-electron chi connectivity index (χ0n) is 15.6. The van der Waals surface area contributed by atoms with Crippen LogP contribution in [0.4, 0.5) is 5.69 Å². The highest BCUT2D eigenvalue weighted by atomic mass is 16.1. The molecule has 2 fully saturated rings. The lowest BCUT2D eigenvalue weighted by atomic mass is 10.00. The molecule has 4 rings (SSSR count). The Morgan fingerprint density at radius 3 is 2.44 bits per heavy atom. The standard InChI is InChI=1S/C23H25N3O/c24-16-18(23(27)25-19-7-1-2-8-19)15-17-11-12-22(26-13-5-6-14-26)21-10-4-3-9-20(17)21/h3-4,9-12,15,19H,1-2,5-8,13-14H2,(H,25,27)/b18-15-. The van der Waals surface area contributed by atoms with E-state index in [1.165, 1.54) is 23.9 Å². The Balaban J connectivity index is 1.68. The first kappa shape index (κ1) is 17.6. The molecule has 0 radical (unpaired) electrons. The maximum Gasteiger partial charge on any atom is 0.262 e. The zero-order chi connectivity index (χ0) is 18.6. The summed E-state index contributed by atoms with van der Waals surface area (Å²) in [4.78, 5) is 15.0. The van der Waals surface area contributed by atoms with Gasteiger partial charge in [-0.3, -0.25) is 4.79 Å². The zero-order valence-corrected chi connectivity index (χ0v) is 15.6. The largest absolute Gasteiger partial charge is 0.371 e. The van der Waals surface area contributed by atoms with Crippen LogP contribution in [0.1, 0.15) is 44.1 Å². The number of hydrogen-bond acceptors (Lipinski definition) is 3. The molecule has 27 heavy (non-hydrogen) atoms. The number of nitrogens with one attached hydrogen (secondary N) is 1. The van der Waals surface area contributed by atoms with E-state index in [4.69, 9.17) is 0 Å². The van der Waals surface area contributed by atoms with Gasteiger partial charge in [-0.05, 0) is 48.8 Å². The Morgan fingerprint density at radius 2 is 1.74 bits per heavy atom. The smallest absolute Gasteiger partial charge is 0.262 e. The summed E-state index contributed by atoms with van der Waals surface area (Å²) in [7, 11) is 0. The summed E-state index contributed by atoms with van der Waals surface area (Å²) >= 11 is 0. The van der Waals surface area contributed by atoms with Gasteiger partial charge in [0.15, 0.2) is 0 Å². The van der Waals surface area contributed by atoms with E-state index < -0.39 is 0 Å². The van der Waals surface area contributed by atoms with Crippen molar-refractivity contribution in [3.05, 3.63) is 47.5 Å². The summed E-state index contributed by atoms with van der Waals surface area (Å²) in [6.07, 6.45) is 8.53. The van der Waals surface area contributed by atoms with Gasteiger partial charge in [0, 0.05) is 30.2 Å². The van der Waals surface area contributed by atoms with E-state index >= 15 is 0 Å². The highest BCUT2D eigenvalue weighted by Crippen LogP contribution is 2.32. The average molecular weight is 359 g/mol. The normalized spacial score (nSPS) is 18.0.